The maximum absolute atomic E-state index is 12.7. The van der Waals surface area contributed by atoms with Crippen LogP contribution in [0.2, 0.25) is 0 Å². The van der Waals surface area contributed by atoms with Gasteiger partial charge in [-0.15, -0.1) is 0 Å². The van der Waals surface area contributed by atoms with Gasteiger partial charge in [-0.25, -0.2) is 4.79 Å². The molecule has 1 heterocycles. The number of carbonyl (C=O) groups is 3. The molecule has 2 rings (SSSR count). The summed E-state index contributed by atoms with van der Waals surface area (Å²) in [6.07, 6.45) is 2.44. The number of hydrogen-bond donors (Lipinski definition) is 2. The number of nitrogens with one attached hydrogen (secondary N) is 1. The van der Waals surface area contributed by atoms with Gasteiger partial charge in [0, 0.05) is 25.2 Å². The van der Waals surface area contributed by atoms with Gasteiger partial charge in [-0.3, -0.25) is 9.59 Å². The summed E-state index contributed by atoms with van der Waals surface area (Å²) in [6, 6.07) is 6.46. The van der Waals surface area contributed by atoms with Crippen molar-refractivity contribution in [2.24, 2.45) is 5.92 Å². The van der Waals surface area contributed by atoms with E-state index in [0.717, 1.165) is 19.3 Å². The minimum atomic E-state index is -1.08. The Morgan fingerprint density at radius 1 is 1.36 bits per heavy atom. The lowest BCUT2D eigenvalue weighted by molar-refractivity contribution is -0.139. The summed E-state index contributed by atoms with van der Waals surface area (Å²) in [5.74, 6) is -1.10. The number of nitrogens with zero attached hydrogens (tertiary/aromatic N) is 1. The fraction of sp³-hybridized carbons (Fsp3) is 0.500. The molecule has 2 N–H and O–H groups in total. The van der Waals surface area contributed by atoms with E-state index in [1.54, 1.807) is 23.1 Å². The topological polar surface area (TPSA) is 95.9 Å². The van der Waals surface area contributed by atoms with E-state index >= 15 is 0 Å². The molecular formula is C18H24N2O5. The third-order valence-electron chi connectivity index (χ3n) is 4.07. The summed E-state index contributed by atoms with van der Waals surface area (Å²) < 4.78 is 5.11. The normalized spacial score (nSPS) is 17.0. The van der Waals surface area contributed by atoms with Crippen molar-refractivity contribution in [2.75, 3.05) is 26.2 Å². The molecule has 2 amide bonds. The van der Waals surface area contributed by atoms with Crippen molar-refractivity contribution in [3.8, 4) is 5.75 Å². The second-order valence-corrected chi connectivity index (χ2v) is 6.09. The molecule has 25 heavy (non-hydrogen) atoms. The van der Waals surface area contributed by atoms with Crippen LogP contribution in [0.5, 0.6) is 5.75 Å². The van der Waals surface area contributed by atoms with Crippen LogP contribution in [0.3, 0.4) is 0 Å². The van der Waals surface area contributed by atoms with Gasteiger partial charge in [0.2, 0.25) is 5.91 Å². The first-order chi connectivity index (χ1) is 12.0. The van der Waals surface area contributed by atoms with Gasteiger partial charge < -0.3 is 20.1 Å². The number of rotatable bonds is 7. The first-order valence-corrected chi connectivity index (χ1v) is 8.53. The van der Waals surface area contributed by atoms with E-state index in [4.69, 9.17) is 9.84 Å². The van der Waals surface area contributed by atoms with Crippen LogP contribution in [0.25, 0.3) is 0 Å². The van der Waals surface area contributed by atoms with Crippen molar-refractivity contribution in [2.45, 2.75) is 26.2 Å². The number of likely N-dealkylation sites (tertiary alicyclic amines) is 1. The number of benzene rings is 1. The number of carboxylic acid groups (broad SMARTS) is 1. The minimum Gasteiger partial charge on any atom is -0.482 e. The van der Waals surface area contributed by atoms with Gasteiger partial charge in [0.25, 0.3) is 5.91 Å². The smallest absolute Gasteiger partial charge is 0.341 e. The summed E-state index contributed by atoms with van der Waals surface area (Å²) in [4.78, 5) is 37.1. The summed E-state index contributed by atoms with van der Waals surface area (Å²) in [5.41, 5.74) is 0.428. The van der Waals surface area contributed by atoms with E-state index in [0.29, 0.717) is 30.9 Å². The molecule has 1 aliphatic rings. The molecule has 1 atom stereocenters. The number of piperidine rings is 1. The quantitative estimate of drug-likeness (QED) is 0.779. The molecule has 0 saturated carbocycles. The lowest BCUT2D eigenvalue weighted by Crippen LogP contribution is -2.45. The van der Waals surface area contributed by atoms with Crippen molar-refractivity contribution in [3.63, 3.8) is 0 Å². The third-order valence-corrected chi connectivity index (χ3v) is 4.07. The summed E-state index contributed by atoms with van der Waals surface area (Å²) in [5, 5.41) is 11.5. The van der Waals surface area contributed by atoms with Crippen LogP contribution in [-0.4, -0.2) is 54.0 Å². The highest BCUT2D eigenvalue weighted by Gasteiger charge is 2.28. The van der Waals surface area contributed by atoms with E-state index < -0.39 is 12.6 Å². The maximum Gasteiger partial charge on any atom is 0.341 e. The average molecular weight is 348 g/mol. The van der Waals surface area contributed by atoms with Crippen LogP contribution < -0.4 is 10.1 Å². The van der Waals surface area contributed by atoms with Gasteiger partial charge in [-0.05, 0) is 37.5 Å². The van der Waals surface area contributed by atoms with E-state index in [9.17, 15) is 14.4 Å². The Morgan fingerprint density at radius 2 is 2.16 bits per heavy atom. The number of carboxylic acids is 1. The molecule has 136 valence electrons. The highest BCUT2D eigenvalue weighted by molar-refractivity contribution is 5.95. The van der Waals surface area contributed by atoms with Gasteiger partial charge in [0.15, 0.2) is 6.61 Å². The van der Waals surface area contributed by atoms with Crippen LogP contribution in [0.15, 0.2) is 24.3 Å². The fourth-order valence-electron chi connectivity index (χ4n) is 2.81. The van der Waals surface area contributed by atoms with E-state index in [2.05, 4.69) is 5.32 Å². The van der Waals surface area contributed by atoms with Crippen LogP contribution in [0.4, 0.5) is 0 Å². The molecule has 0 radical (unpaired) electrons. The molecule has 1 unspecified atom stereocenters. The zero-order chi connectivity index (χ0) is 18.2. The largest absolute Gasteiger partial charge is 0.482 e. The first kappa shape index (κ1) is 18.8. The zero-order valence-electron chi connectivity index (χ0n) is 14.4. The molecule has 1 aromatic carbocycles. The van der Waals surface area contributed by atoms with Crippen LogP contribution in [0.1, 0.15) is 36.5 Å². The van der Waals surface area contributed by atoms with E-state index in [1.165, 1.54) is 6.07 Å². The lowest BCUT2D eigenvalue weighted by atomic mass is 9.96. The highest BCUT2D eigenvalue weighted by atomic mass is 16.5. The molecule has 0 bridgehead atoms. The number of hydrogen-bond acceptors (Lipinski definition) is 4. The molecule has 7 heteroatoms. The average Bonchev–Trinajstić information content (AvgIpc) is 2.64. The van der Waals surface area contributed by atoms with Crippen molar-refractivity contribution >= 4 is 17.8 Å². The van der Waals surface area contributed by atoms with Gasteiger partial charge >= 0.3 is 5.97 Å². The highest BCUT2D eigenvalue weighted by Crippen LogP contribution is 2.21. The Bertz CT molecular complexity index is 632. The Balaban J connectivity index is 2.00. The molecule has 1 fully saturated rings. The lowest BCUT2D eigenvalue weighted by Gasteiger charge is -2.32. The predicted molar refractivity (Wildman–Crippen MR) is 91.5 cm³/mol. The summed E-state index contributed by atoms with van der Waals surface area (Å²) in [7, 11) is 0. The van der Waals surface area contributed by atoms with Crippen LogP contribution >= 0.6 is 0 Å². The molecule has 1 saturated heterocycles. The van der Waals surface area contributed by atoms with Gasteiger partial charge in [0.05, 0.1) is 5.92 Å². The second kappa shape index (κ2) is 9.05. The number of aliphatic carboxylic acids is 1. The second-order valence-electron chi connectivity index (χ2n) is 6.09. The standard InChI is InChI=1S/C18H24N2O5/c1-2-8-19-17(23)14-6-4-9-20(11-14)18(24)13-5-3-7-15(10-13)25-12-16(21)22/h3,5,7,10,14H,2,4,6,8-9,11-12H2,1H3,(H,19,23)(H,21,22). The number of carbonyl (C=O) groups excluding carboxylic acids is 2. The zero-order valence-corrected chi connectivity index (χ0v) is 14.4. The first-order valence-electron chi connectivity index (χ1n) is 8.53. The molecular weight excluding hydrogens is 324 g/mol. The molecule has 0 aliphatic carbocycles. The maximum atomic E-state index is 12.7. The summed E-state index contributed by atoms with van der Waals surface area (Å²) >= 11 is 0. The van der Waals surface area contributed by atoms with Crippen molar-refractivity contribution in [3.05, 3.63) is 29.8 Å². The van der Waals surface area contributed by atoms with Crippen LogP contribution in [0, 0.1) is 5.92 Å². The van der Waals surface area contributed by atoms with E-state index in [-0.39, 0.29) is 17.7 Å². The predicted octanol–water partition coefficient (Wildman–Crippen LogP) is 1.53. The van der Waals surface area contributed by atoms with Crippen molar-refractivity contribution in [1.82, 2.24) is 10.2 Å². The Morgan fingerprint density at radius 3 is 2.88 bits per heavy atom. The third kappa shape index (κ3) is 5.48. The number of amides is 2. The van der Waals surface area contributed by atoms with Crippen molar-refractivity contribution in [1.29, 1.82) is 0 Å². The Labute approximate surface area is 147 Å². The Kier molecular flexibility index (Phi) is 6.80. The van der Waals surface area contributed by atoms with Gasteiger partial charge in [0.1, 0.15) is 5.75 Å². The van der Waals surface area contributed by atoms with Gasteiger partial charge in [-0.1, -0.05) is 13.0 Å². The minimum absolute atomic E-state index is 0.00195. The molecule has 1 aromatic rings. The molecule has 0 spiro atoms. The Hall–Kier alpha value is -2.57. The van der Waals surface area contributed by atoms with Gasteiger partial charge in [-0.2, -0.15) is 0 Å². The van der Waals surface area contributed by atoms with Crippen LogP contribution in [-0.2, 0) is 9.59 Å². The molecule has 1 aliphatic heterocycles. The summed E-state index contributed by atoms with van der Waals surface area (Å²) in [6.45, 7) is 3.19. The molecule has 7 nitrogen and oxygen atoms in total. The van der Waals surface area contributed by atoms with Crippen molar-refractivity contribution < 1.29 is 24.2 Å². The molecule has 0 aromatic heterocycles. The van der Waals surface area contributed by atoms with E-state index in [1.807, 2.05) is 6.92 Å². The monoisotopic (exact) mass is 348 g/mol. The number of ether oxygens (including phenoxy) is 1. The fourth-order valence-corrected chi connectivity index (χ4v) is 2.81. The SMILES string of the molecule is CCCNC(=O)C1CCCN(C(=O)c2cccc(OCC(=O)O)c2)C1.